The minimum Gasteiger partial charge on any atom is -0.489 e. The molecule has 1 aromatic carbocycles. The fourth-order valence-corrected chi connectivity index (χ4v) is 2.88. The van der Waals surface area contributed by atoms with Gasteiger partial charge in [-0.1, -0.05) is 17.2 Å². The molecule has 0 aliphatic rings. The molecule has 1 unspecified atom stereocenters. The topological polar surface area (TPSA) is 79.9 Å². The van der Waals surface area contributed by atoms with Gasteiger partial charge in [-0.2, -0.15) is 0 Å². The summed E-state index contributed by atoms with van der Waals surface area (Å²) in [4.78, 5) is 11.3. The van der Waals surface area contributed by atoms with Crippen LogP contribution >= 0.6 is 0 Å². The predicted molar refractivity (Wildman–Crippen MR) is 116 cm³/mol. The first kappa shape index (κ1) is 22.9. The van der Waals surface area contributed by atoms with Gasteiger partial charge in [0, 0.05) is 17.5 Å². The molecule has 29 heavy (non-hydrogen) atoms. The second-order valence-electron chi connectivity index (χ2n) is 8.11. The lowest BCUT2D eigenvalue weighted by Gasteiger charge is -2.24. The van der Waals surface area contributed by atoms with Crippen molar-refractivity contribution in [1.82, 2.24) is 0 Å². The van der Waals surface area contributed by atoms with Gasteiger partial charge in [-0.25, -0.2) is 4.79 Å². The molecule has 0 saturated heterocycles. The van der Waals surface area contributed by atoms with Crippen molar-refractivity contribution in [3.63, 3.8) is 0 Å². The summed E-state index contributed by atoms with van der Waals surface area (Å²) in [7, 11) is 0. The van der Waals surface area contributed by atoms with Gasteiger partial charge in [0.25, 0.3) is 0 Å². The first-order chi connectivity index (χ1) is 13.6. The Labute approximate surface area is 172 Å². The number of allylic oxidation sites excluding steroid dienone is 3. The van der Waals surface area contributed by atoms with E-state index in [9.17, 15) is 15.0 Å². The Kier molecular flexibility index (Phi) is 8.23. The molecule has 1 aromatic heterocycles. The zero-order chi connectivity index (χ0) is 21.4. The van der Waals surface area contributed by atoms with Gasteiger partial charge in [-0.15, -0.1) is 0 Å². The van der Waals surface area contributed by atoms with Gasteiger partial charge in [0.05, 0.1) is 11.7 Å². The zero-order valence-corrected chi connectivity index (χ0v) is 17.8. The van der Waals surface area contributed by atoms with Crippen molar-refractivity contribution in [2.75, 3.05) is 6.61 Å². The van der Waals surface area contributed by atoms with Crippen LogP contribution in [0, 0.1) is 0 Å². The standard InChI is InChI=1S/C24H32O5/c1-17(8-12-22(25)24(3,4)27)6-5-7-18(2)14-15-28-20-11-9-19-10-13-23(26)29-21(19)16-20/h6,9-11,13-14,16,22,25,27H,5,7-8,12,15H2,1-4H3/b17-6+,18-14+. The average molecular weight is 401 g/mol. The average Bonchev–Trinajstić information content (AvgIpc) is 2.65. The smallest absolute Gasteiger partial charge is 0.336 e. The number of ether oxygens (including phenoxy) is 1. The Bertz CT molecular complexity index is 915. The molecular formula is C24H32O5. The Hall–Kier alpha value is -2.37. The molecule has 2 aromatic rings. The molecule has 0 aliphatic carbocycles. The van der Waals surface area contributed by atoms with Crippen molar-refractivity contribution < 1.29 is 19.4 Å². The molecule has 2 rings (SSSR count). The summed E-state index contributed by atoms with van der Waals surface area (Å²) in [6.07, 6.45) is 6.70. The molecule has 158 valence electrons. The third kappa shape index (κ3) is 7.87. The second-order valence-corrected chi connectivity index (χ2v) is 8.11. The molecule has 5 heteroatoms. The highest BCUT2D eigenvalue weighted by molar-refractivity contribution is 5.77. The van der Waals surface area contributed by atoms with Crippen molar-refractivity contribution in [1.29, 1.82) is 0 Å². The van der Waals surface area contributed by atoms with E-state index in [4.69, 9.17) is 9.15 Å². The lowest BCUT2D eigenvalue weighted by molar-refractivity contribution is -0.0509. The van der Waals surface area contributed by atoms with Crippen molar-refractivity contribution in [2.45, 2.75) is 65.1 Å². The van der Waals surface area contributed by atoms with E-state index in [1.165, 1.54) is 17.2 Å². The fourth-order valence-electron chi connectivity index (χ4n) is 2.88. The van der Waals surface area contributed by atoms with Crippen LogP contribution in [0.5, 0.6) is 5.75 Å². The van der Waals surface area contributed by atoms with E-state index in [0.29, 0.717) is 24.4 Å². The summed E-state index contributed by atoms with van der Waals surface area (Å²) < 4.78 is 10.9. The number of hydrogen-bond acceptors (Lipinski definition) is 5. The maximum Gasteiger partial charge on any atom is 0.336 e. The molecule has 0 amide bonds. The molecule has 0 radical (unpaired) electrons. The van der Waals surface area contributed by atoms with Crippen LogP contribution in [-0.2, 0) is 0 Å². The fraction of sp³-hybridized carbons (Fsp3) is 0.458. The van der Waals surface area contributed by atoms with Crippen LogP contribution in [-0.4, -0.2) is 28.5 Å². The van der Waals surface area contributed by atoms with E-state index in [0.717, 1.165) is 24.6 Å². The third-order valence-electron chi connectivity index (χ3n) is 4.94. The largest absolute Gasteiger partial charge is 0.489 e. The highest BCUT2D eigenvalue weighted by Gasteiger charge is 2.23. The molecule has 1 heterocycles. The maximum atomic E-state index is 11.3. The summed E-state index contributed by atoms with van der Waals surface area (Å²) in [6.45, 7) is 7.83. The summed E-state index contributed by atoms with van der Waals surface area (Å²) >= 11 is 0. The molecule has 2 N–H and O–H groups in total. The van der Waals surface area contributed by atoms with Crippen LogP contribution in [0.15, 0.2) is 62.8 Å². The van der Waals surface area contributed by atoms with Crippen LogP contribution in [0.1, 0.15) is 53.4 Å². The van der Waals surface area contributed by atoms with E-state index in [1.807, 2.05) is 18.2 Å². The number of hydrogen-bond donors (Lipinski definition) is 2. The summed E-state index contributed by atoms with van der Waals surface area (Å²) in [5, 5.41) is 20.5. The highest BCUT2D eigenvalue weighted by Crippen LogP contribution is 2.20. The van der Waals surface area contributed by atoms with E-state index in [-0.39, 0.29) is 5.63 Å². The molecule has 0 saturated carbocycles. The lowest BCUT2D eigenvalue weighted by Crippen LogP contribution is -2.35. The number of rotatable bonds is 10. The zero-order valence-electron chi connectivity index (χ0n) is 17.8. The number of aliphatic hydroxyl groups excluding tert-OH is 1. The minimum atomic E-state index is -1.06. The number of benzene rings is 1. The van der Waals surface area contributed by atoms with Crippen molar-refractivity contribution in [2.24, 2.45) is 0 Å². The quantitative estimate of drug-likeness (QED) is 0.444. The van der Waals surface area contributed by atoms with Gasteiger partial charge in [-0.05, 0) is 77.7 Å². The summed E-state index contributed by atoms with van der Waals surface area (Å²) in [6, 6.07) is 8.59. The molecule has 0 spiro atoms. The first-order valence-corrected chi connectivity index (χ1v) is 10.0. The molecule has 0 fully saturated rings. The van der Waals surface area contributed by atoms with Crippen LogP contribution < -0.4 is 10.4 Å². The summed E-state index contributed by atoms with van der Waals surface area (Å²) in [5.74, 6) is 0.664. The number of aliphatic hydroxyl groups is 2. The Morgan fingerprint density at radius 2 is 1.83 bits per heavy atom. The Balaban J connectivity index is 1.76. The Morgan fingerprint density at radius 3 is 2.55 bits per heavy atom. The van der Waals surface area contributed by atoms with E-state index in [1.54, 1.807) is 26.0 Å². The van der Waals surface area contributed by atoms with Gasteiger partial charge in [-0.3, -0.25) is 0 Å². The van der Waals surface area contributed by atoms with E-state index in [2.05, 4.69) is 19.9 Å². The Morgan fingerprint density at radius 1 is 1.14 bits per heavy atom. The van der Waals surface area contributed by atoms with Gasteiger partial charge in [0.2, 0.25) is 0 Å². The van der Waals surface area contributed by atoms with Crippen LogP contribution in [0.2, 0.25) is 0 Å². The van der Waals surface area contributed by atoms with Gasteiger partial charge in [0.1, 0.15) is 17.9 Å². The van der Waals surface area contributed by atoms with Crippen molar-refractivity contribution >= 4 is 11.0 Å². The molecule has 0 bridgehead atoms. The van der Waals surface area contributed by atoms with Gasteiger partial charge in [0.15, 0.2) is 0 Å². The molecular weight excluding hydrogens is 368 g/mol. The number of fused-ring (bicyclic) bond motifs is 1. The van der Waals surface area contributed by atoms with Gasteiger partial charge >= 0.3 is 5.63 Å². The van der Waals surface area contributed by atoms with E-state index >= 15 is 0 Å². The highest BCUT2D eigenvalue weighted by atomic mass is 16.5. The molecule has 0 aliphatic heterocycles. The predicted octanol–water partition coefficient (Wildman–Crippen LogP) is 4.76. The van der Waals surface area contributed by atoms with Crippen molar-refractivity contribution in [3.8, 4) is 5.75 Å². The van der Waals surface area contributed by atoms with Crippen LogP contribution in [0.25, 0.3) is 11.0 Å². The summed E-state index contributed by atoms with van der Waals surface area (Å²) in [5.41, 5.74) is 1.54. The SMILES string of the molecule is C/C(=C\COc1ccc2ccc(=O)oc2c1)CC/C=C(\C)CCC(O)C(C)(C)O. The van der Waals surface area contributed by atoms with Crippen LogP contribution in [0.3, 0.4) is 0 Å². The van der Waals surface area contributed by atoms with Crippen molar-refractivity contribution in [3.05, 3.63) is 64.1 Å². The normalized spacial score (nSPS) is 14.3. The maximum absolute atomic E-state index is 11.3. The van der Waals surface area contributed by atoms with Crippen LogP contribution in [0.4, 0.5) is 0 Å². The first-order valence-electron chi connectivity index (χ1n) is 10.0. The minimum absolute atomic E-state index is 0.372. The molecule has 5 nitrogen and oxygen atoms in total. The third-order valence-corrected chi connectivity index (χ3v) is 4.94. The second kappa shape index (κ2) is 10.4. The van der Waals surface area contributed by atoms with Gasteiger partial charge < -0.3 is 19.4 Å². The molecule has 1 atom stereocenters. The lowest BCUT2D eigenvalue weighted by atomic mass is 9.95. The monoisotopic (exact) mass is 400 g/mol. The van der Waals surface area contributed by atoms with E-state index < -0.39 is 11.7 Å².